The highest BCUT2D eigenvalue weighted by molar-refractivity contribution is 6.31. The van der Waals surface area contributed by atoms with E-state index in [1.54, 1.807) is 25.1 Å². The molecule has 1 N–H and O–H groups in total. The van der Waals surface area contributed by atoms with Gasteiger partial charge < -0.3 is 10.2 Å². The van der Waals surface area contributed by atoms with Gasteiger partial charge in [0.1, 0.15) is 11.9 Å². The van der Waals surface area contributed by atoms with Gasteiger partial charge in [0.15, 0.2) is 0 Å². The second-order valence-electron chi connectivity index (χ2n) is 6.74. The molecule has 0 aliphatic carbocycles. The Morgan fingerprint density at radius 1 is 1.14 bits per heavy atom. The number of hydrogen-bond donors (Lipinski definition) is 1. The lowest BCUT2D eigenvalue weighted by Crippen LogP contribution is -2.48. The smallest absolute Gasteiger partial charge is 0.242 e. The number of carbonyl (C=O) groups is 2. The van der Waals surface area contributed by atoms with Crippen LogP contribution in [0.1, 0.15) is 37.8 Å². The minimum atomic E-state index is -0.652. The van der Waals surface area contributed by atoms with Gasteiger partial charge in [0, 0.05) is 18.1 Å². The summed E-state index contributed by atoms with van der Waals surface area (Å²) >= 11 is 6.26. The number of nitrogens with one attached hydrogen (secondary N) is 1. The summed E-state index contributed by atoms with van der Waals surface area (Å²) in [4.78, 5) is 27.1. The second kappa shape index (κ2) is 10.8. The standard InChI is InChI=1S/C22H26ClFN2O2/c1-3-4-13-25-22(28)16(2)26(15-18-7-5-6-8-20(18)23)21(27)14-17-9-11-19(24)12-10-17/h5-12,16H,3-4,13-15H2,1-2H3,(H,25,28). The maximum absolute atomic E-state index is 13.1. The predicted octanol–water partition coefficient (Wildman–Crippen LogP) is 4.36. The van der Waals surface area contributed by atoms with Crippen LogP contribution in [0, 0.1) is 5.82 Å². The Kier molecular flexibility index (Phi) is 8.45. The van der Waals surface area contributed by atoms with Gasteiger partial charge in [-0.05, 0) is 42.7 Å². The molecule has 2 rings (SSSR count). The van der Waals surface area contributed by atoms with Crippen LogP contribution in [-0.2, 0) is 22.6 Å². The zero-order valence-corrected chi connectivity index (χ0v) is 17.0. The van der Waals surface area contributed by atoms with Gasteiger partial charge in [-0.25, -0.2) is 4.39 Å². The normalized spacial score (nSPS) is 11.7. The maximum Gasteiger partial charge on any atom is 0.242 e. The van der Waals surface area contributed by atoms with Crippen LogP contribution >= 0.6 is 11.6 Å². The quantitative estimate of drug-likeness (QED) is 0.631. The summed E-state index contributed by atoms with van der Waals surface area (Å²) in [5.41, 5.74) is 1.46. The summed E-state index contributed by atoms with van der Waals surface area (Å²) in [5.74, 6) is -0.773. The van der Waals surface area contributed by atoms with Crippen molar-refractivity contribution in [3.8, 4) is 0 Å². The minimum Gasteiger partial charge on any atom is -0.354 e. The molecule has 0 spiro atoms. The van der Waals surface area contributed by atoms with Crippen LogP contribution in [-0.4, -0.2) is 29.3 Å². The summed E-state index contributed by atoms with van der Waals surface area (Å²) < 4.78 is 13.1. The summed E-state index contributed by atoms with van der Waals surface area (Å²) in [5, 5.41) is 3.42. The molecule has 2 aromatic rings. The highest BCUT2D eigenvalue weighted by Gasteiger charge is 2.26. The Labute approximate surface area is 170 Å². The zero-order chi connectivity index (χ0) is 20.5. The van der Waals surface area contributed by atoms with Crippen LogP contribution in [0.4, 0.5) is 4.39 Å². The van der Waals surface area contributed by atoms with Gasteiger partial charge in [0.25, 0.3) is 0 Å². The second-order valence-corrected chi connectivity index (χ2v) is 7.14. The van der Waals surface area contributed by atoms with Crippen LogP contribution in [0.25, 0.3) is 0 Å². The van der Waals surface area contributed by atoms with Gasteiger partial charge in [-0.15, -0.1) is 0 Å². The molecule has 2 amide bonds. The van der Waals surface area contributed by atoms with Crippen molar-refractivity contribution < 1.29 is 14.0 Å². The summed E-state index contributed by atoms with van der Waals surface area (Å²) in [6.07, 6.45) is 1.94. The molecule has 2 aromatic carbocycles. The molecule has 0 aliphatic rings. The molecule has 0 bridgehead atoms. The Bertz CT molecular complexity index is 795. The number of rotatable bonds is 9. The van der Waals surface area contributed by atoms with Crippen LogP contribution in [0.2, 0.25) is 5.02 Å². The van der Waals surface area contributed by atoms with E-state index >= 15 is 0 Å². The molecule has 0 aliphatic heterocycles. The van der Waals surface area contributed by atoms with Gasteiger partial charge >= 0.3 is 0 Å². The molecule has 6 heteroatoms. The molecule has 0 heterocycles. The molecule has 0 radical (unpaired) electrons. The molecule has 1 unspecified atom stereocenters. The van der Waals surface area contributed by atoms with E-state index in [-0.39, 0.29) is 30.6 Å². The van der Waals surface area contributed by atoms with Gasteiger partial charge in [0.05, 0.1) is 6.42 Å². The maximum atomic E-state index is 13.1. The number of benzene rings is 2. The van der Waals surface area contributed by atoms with Gasteiger partial charge in [-0.1, -0.05) is 55.3 Å². The molecule has 0 aromatic heterocycles. The molecule has 150 valence electrons. The third-order valence-corrected chi connectivity index (χ3v) is 4.93. The fourth-order valence-corrected chi connectivity index (χ4v) is 3.00. The first-order valence-electron chi connectivity index (χ1n) is 9.47. The van der Waals surface area contributed by atoms with Crippen molar-refractivity contribution in [2.75, 3.05) is 6.54 Å². The number of hydrogen-bond acceptors (Lipinski definition) is 2. The first kappa shape index (κ1) is 21.9. The molecule has 4 nitrogen and oxygen atoms in total. The lowest BCUT2D eigenvalue weighted by Gasteiger charge is -2.29. The summed E-state index contributed by atoms with van der Waals surface area (Å²) in [7, 11) is 0. The van der Waals surface area contributed by atoms with Crippen molar-refractivity contribution in [2.45, 2.75) is 45.7 Å². The van der Waals surface area contributed by atoms with Crippen molar-refractivity contribution >= 4 is 23.4 Å². The third kappa shape index (κ3) is 6.34. The Morgan fingerprint density at radius 3 is 2.46 bits per heavy atom. The largest absolute Gasteiger partial charge is 0.354 e. The van der Waals surface area contributed by atoms with E-state index in [0.29, 0.717) is 17.1 Å². The monoisotopic (exact) mass is 404 g/mol. The first-order chi connectivity index (χ1) is 13.4. The average Bonchev–Trinajstić information content (AvgIpc) is 2.68. The first-order valence-corrected chi connectivity index (χ1v) is 9.85. The zero-order valence-electron chi connectivity index (χ0n) is 16.3. The highest BCUT2D eigenvalue weighted by atomic mass is 35.5. The van der Waals surface area contributed by atoms with Crippen LogP contribution in [0.5, 0.6) is 0 Å². The van der Waals surface area contributed by atoms with Crippen molar-refractivity contribution in [1.82, 2.24) is 10.2 Å². The van der Waals surface area contributed by atoms with Gasteiger partial charge in [-0.2, -0.15) is 0 Å². The Morgan fingerprint density at radius 2 is 1.82 bits per heavy atom. The van der Waals surface area contributed by atoms with Crippen molar-refractivity contribution in [3.05, 3.63) is 70.5 Å². The topological polar surface area (TPSA) is 49.4 Å². The van der Waals surface area contributed by atoms with Crippen molar-refractivity contribution in [3.63, 3.8) is 0 Å². The number of amides is 2. The van der Waals surface area contributed by atoms with Gasteiger partial charge in [0.2, 0.25) is 11.8 Å². The number of carbonyl (C=O) groups excluding carboxylic acids is 2. The molecular weight excluding hydrogens is 379 g/mol. The molecule has 0 saturated heterocycles. The summed E-state index contributed by atoms with van der Waals surface area (Å²) in [6, 6.07) is 12.4. The number of nitrogens with zero attached hydrogens (tertiary/aromatic N) is 1. The van der Waals surface area contributed by atoms with Crippen molar-refractivity contribution in [1.29, 1.82) is 0 Å². The fourth-order valence-electron chi connectivity index (χ4n) is 2.81. The van der Waals surface area contributed by atoms with E-state index in [0.717, 1.165) is 18.4 Å². The van der Waals surface area contributed by atoms with E-state index in [4.69, 9.17) is 11.6 Å². The third-order valence-electron chi connectivity index (χ3n) is 4.56. The highest BCUT2D eigenvalue weighted by Crippen LogP contribution is 2.19. The lowest BCUT2D eigenvalue weighted by molar-refractivity contribution is -0.140. The molecular formula is C22H26ClFN2O2. The molecule has 0 saturated carbocycles. The van der Waals surface area contributed by atoms with E-state index < -0.39 is 6.04 Å². The van der Waals surface area contributed by atoms with Gasteiger partial charge in [-0.3, -0.25) is 9.59 Å². The van der Waals surface area contributed by atoms with E-state index in [9.17, 15) is 14.0 Å². The van der Waals surface area contributed by atoms with Crippen LogP contribution in [0.3, 0.4) is 0 Å². The summed E-state index contributed by atoms with van der Waals surface area (Å²) in [6.45, 7) is 4.56. The van der Waals surface area contributed by atoms with Crippen LogP contribution < -0.4 is 5.32 Å². The van der Waals surface area contributed by atoms with E-state index in [1.165, 1.54) is 17.0 Å². The number of halogens is 2. The average molecular weight is 405 g/mol. The van der Waals surface area contributed by atoms with E-state index in [1.807, 2.05) is 25.1 Å². The lowest BCUT2D eigenvalue weighted by atomic mass is 10.1. The Balaban J connectivity index is 2.19. The molecule has 0 fully saturated rings. The number of unbranched alkanes of at least 4 members (excludes halogenated alkanes) is 1. The molecule has 28 heavy (non-hydrogen) atoms. The van der Waals surface area contributed by atoms with E-state index in [2.05, 4.69) is 5.32 Å². The predicted molar refractivity (Wildman–Crippen MR) is 109 cm³/mol. The molecule has 1 atom stereocenters. The Hall–Kier alpha value is -2.40. The minimum absolute atomic E-state index is 0.0807. The van der Waals surface area contributed by atoms with Crippen LogP contribution in [0.15, 0.2) is 48.5 Å². The fraction of sp³-hybridized carbons (Fsp3) is 0.364. The SMILES string of the molecule is CCCCNC(=O)C(C)N(Cc1ccccc1Cl)C(=O)Cc1ccc(F)cc1. The van der Waals surface area contributed by atoms with Crippen molar-refractivity contribution in [2.24, 2.45) is 0 Å².